The Bertz CT molecular complexity index is 1270. The minimum absolute atomic E-state index is 0.0552. The zero-order chi connectivity index (χ0) is 22.2. The molecule has 0 aliphatic rings. The topological polar surface area (TPSA) is 59.3 Å². The summed E-state index contributed by atoms with van der Waals surface area (Å²) in [5.41, 5.74) is -0.117. The highest BCUT2D eigenvalue weighted by Gasteiger charge is 2.36. The van der Waals surface area contributed by atoms with E-state index in [4.69, 9.17) is 0 Å². The first-order valence-electron chi connectivity index (χ1n) is 8.94. The third-order valence-corrected chi connectivity index (χ3v) is 5.83. The molecule has 0 aliphatic carbocycles. The smallest absolute Gasteiger partial charge is 0.321 e. The number of hydrogen-bond acceptors (Lipinski definition) is 4. The lowest BCUT2D eigenvalue weighted by Gasteiger charge is -2.12. The van der Waals surface area contributed by atoms with Crippen molar-refractivity contribution < 1.29 is 18.0 Å². The molecule has 2 aromatic heterocycles. The number of rotatable bonds is 4. The molecule has 2 heterocycles. The average Bonchev–Trinajstić information content (AvgIpc) is 3.17. The van der Waals surface area contributed by atoms with Crippen LogP contribution in [0.5, 0.6) is 0 Å². The van der Waals surface area contributed by atoms with E-state index in [-0.39, 0.29) is 16.9 Å². The van der Waals surface area contributed by atoms with Crippen LogP contribution in [0.3, 0.4) is 0 Å². The Morgan fingerprint density at radius 3 is 2.52 bits per heavy atom. The van der Waals surface area contributed by atoms with Crippen LogP contribution in [0.1, 0.15) is 16.1 Å². The maximum Gasteiger partial charge on any atom is 0.433 e. The third-order valence-electron chi connectivity index (χ3n) is 4.50. The van der Waals surface area contributed by atoms with Crippen LogP contribution in [0, 0.1) is 0 Å². The number of carbonyl (C=O) groups excluding carboxylic acids is 1. The van der Waals surface area contributed by atoms with Crippen LogP contribution in [-0.2, 0) is 6.18 Å². The Balaban J connectivity index is 1.84. The van der Waals surface area contributed by atoms with E-state index in [1.54, 1.807) is 36.4 Å². The maximum absolute atomic E-state index is 13.7. The number of alkyl halides is 3. The Hall–Kier alpha value is -2.85. The quantitative estimate of drug-likeness (QED) is 0.337. The minimum Gasteiger partial charge on any atom is -0.321 e. The van der Waals surface area contributed by atoms with Gasteiger partial charge in [-0.1, -0.05) is 40.2 Å². The molecule has 0 saturated heterocycles. The van der Waals surface area contributed by atoms with E-state index in [1.807, 2.05) is 18.4 Å². The fourth-order valence-electron chi connectivity index (χ4n) is 3.03. The number of aromatic nitrogens is 3. The summed E-state index contributed by atoms with van der Waals surface area (Å²) < 4.78 is 42.6. The molecule has 0 spiro atoms. The van der Waals surface area contributed by atoms with Crippen LogP contribution in [-0.4, -0.2) is 26.8 Å². The highest BCUT2D eigenvalue weighted by Crippen LogP contribution is 2.33. The van der Waals surface area contributed by atoms with Gasteiger partial charge in [0.2, 0.25) is 0 Å². The van der Waals surface area contributed by atoms with Gasteiger partial charge < -0.3 is 5.32 Å². The number of fused-ring (bicyclic) bond motifs is 1. The molecule has 1 N–H and O–H groups in total. The molecule has 0 atom stereocenters. The molecule has 31 heavy (non-hydrogen) atoms. The predicted octanol–water partition coefficient (Wildman–Crippen LogP) is 6.15. The highest BCUT2D eigenvalue weighted by molar-refractivity contribution is 9.10. The number of para-hydroxylation sites is 1. The molecule has 1 amide bonds. The molecule has 0 fully saturated rings. The Morgan fingerprint density at radius 1 is 1.13 bits per heavy atom. The molecule has 5 nitrogen and oxygen atoms in total. The molecule has 4 aromatic rings. The third kappa shape index (κ3) is 4.31. The molecule has 4 rings (SSSR count). The zero-order valence-electron chi connectivity index (χ0n) is 15.9. The Labute approximate surface area is 187 Å². The summed E-state index contributed by atoms with van der Waals surface area (Å²) in [5.74, 6) is -0.593. The van der Waals surface area contributed by atoms with Crippen LogP contribution in [0.15, 0.2) is 70.2 Å². The van der Waals surface area contributed by atoms with Crippen molar-refractivity contribution in [3.8, 4) is 11.3 Å². The fourth-order valence-corrected chi connectivity index (χ4v) is 3.85. The van der Waals surface area contributed by atoms with E-state index in [1.165, 1.54) is 11.8 Å². The van der Waals surface area contributed by atoms with Gasteiger partial charge in [0.25, 0.3) is 5.91 Å². The maximum atomic E-state index is 13.7. The molecule has 0 saturated carbocycles. The molecule has 0 aliphatic heterocycles. The van der Waals surface area contributed by atoms with Crippen LogP contribution in [0.2, 0.25) is 0 Å². The molecule has 2 aromatic carbocycles. The van der Waals surface area contributed by atoms with Crippen LogP contribution >= 0.6 is 27.7 Å². The van der Waals surface area contributed by atoms with E-state index in [2.05, 4.69) is 31.3 Å². The van der Waals surface area contributed by atoms with Crippen molar-refractivity contribution >= 4 is 44.9 Å². The largest absolute Gasteiger partial charge is 0.433 e. The van der Waals surface area contributed by atoms with Crippen molar-refractivity contribution in [3.05, 3.63) is 76.5 Å². The average molecular weight is 507 g/mol. The van der Waals surface area contributed by atoms with Crippen LogP contribution in [0.25, 0.3) is 16.9 Å². The lowest BCUT2D eigenvalue weighted by molar-refractivity contribution is -0.142. The van der Waals surface area contributed by atoms with Crippen molar-refractivity contribution in [1.29, 1.82) is 0 Å². The number of amides is 1. The van der Waals surface area contributed by atoms with E-state index in [0.717, 1.165) is 21.6 Å². The first-order chi connectivity index (χ1) is 14.8. The molecule has 10 heteroatoms. The lowest BCUT2D eigenvalue weighted by Crippen LogP contribution is -2.16. The van der Waals surface area contributed by atoms with Gasteiger partial charge >= 0.3 is 6.18 Å². The van der Waals surface area contributed by atoms with Gasteiger partial charge in [-0.05, 0) is 36.6 Å². The van der Waals surface area contributed by atoms with Crippen molar-refractivity contribution in [3.63, 3.8) is 0 Å². The van der Waals surface area contributed by atoms with Gasteiger partial charge in [-0.25, -0.2) is 9.50 Å². The summed E-state index contributed by atoms with van der Waals surface area (Å²) in [4.78, 5) is 18.1. The van der Waals surface area contributed by atoms with Crippen molar-refractivity contribution in [2.75, 3.05) is 11.6 Å². The number of nitrogens with one attached hydrogen (secondary N) is 1. The number of hydrogen-bond donors (Lipinski definition) is 1. The molecule has 158 valence electrons. The minimum atomic E-state index is -4.68. The fraction of sp³-hybridized carbons (Fsp3) is 0.0952. The van der Waals surface area contributed by atoms with Gasteiger partial charge in [-0.15, -0.1) is 11.8 Å². The van der Waals surface area contributed by atoms with Gasteiger partial charge in [-0.2, -0.15) is 18.3 Å². The monoisotopic (exact) mass is 506 g/mol. The Kier molecular flexibility index (Phi) is 5.76. The highest BCUT2D eigenvalue weighted by atomic mass is 79.9. The van der Waals surface area contributed by atoms with Gasteiger partial charge in [0.05, 0.1) is 17.6 Å². The second-order valence-corrected chi connectivity index (χ2v) is 8.24. The second kappa shape index (κ2) is 8.35. The first-order valence-corrected chi connectivity index (χ1v) is 11.0. The SMILES string of the molecule is CSc1ccccc1NC(=O)c1cnn2c(C(F)(F)F)cc(-c3ccc(Br)cc3)nc12. The lowest BCUT2D eigenvalue weighted by atomic mass is 10.1. The summed E-state index contributed by atoms with van der Waals surface area (Å²) >= 11 is 4.74. The molecule has 0 radical (unpaired) electrons. The van der Waals surface area contributed by atoms with E-state index < -0.39 is 17.8 Å². The number of thioether (sulfide) groups is 1. The van der Waals surface area contributed by atoms with Crippen molar-refractivity contribution in [1.82, 2.24) is 14.6 Å². The predicted molar refractivity (Wildman–Crippen MR) is 117 cm³/mol. The Morgan fingerprint density at radius 2 is 1.84 bits per heavy atom. The summed E-state index contributed by atoms with van der Waals surface area (Å²) in [5, 5.41) is 6.54. The standard InChI is InChI=1S/C21H14BrF3N4OS/c1-31-17-5-3-2-4-15(17)28-20(30)14-11-26-29-18(21(23,24)25)10-16(27-19(14)29)12-6-8-13(22)9-7-12/h2-11H,1H3,(H,28,30). The van der Waals surface area contributed by atoms with Gasteiger partial charge in [-0.3, -0.25) is 4.79 Å². The van der Waals surface area contributed by atoms with Gasteiger partial charge in [0.15, 0.2) is 11.3 Å². The van der Waals surface area contributed by atoms with Crippen LogP contribution < -0.4 is 5.32 Å². The molecular formula is C21H14BrF3N4OS. The number of nitrogens with zero attached hydrogens (tertiary/aromatic N) is 3. The summed E-state index contributed by atoms with van der Waals surface area (Å²) in [6.45, 7) is 0. The van der Waals surface area contributed by atoms with E-state index in [0.29, 0.717) is 15.8 Å². The normalized spacial score (nSPS) is 11.6. The number of benzene rings is 2. The molecule has 0 bridgehead atoms. The molecule has 0 unspecified atom stereocenters. The van der Waals surface area contributed by atoms with Crippen molar-refractivity contribution in [2.45, 2.75) is 11.1 Å². The van der Waals surface area contributed by atoms with E-state index >= 15 is 0 Å². The van der Waals surface area contributed by atoms with Crippen molar-refractivity contribution in [2.24, 2.45) is 0 Å². The number of anilines is 1. The second-order valence-electron chi connectivity index (χ2n) is 6.48. The van der Waals surface area contributed by atoms with Crippen LogP contribution in [0.4, 0.5) is 18.9 Å². The number of halogens is 4. The summed E-state index contributed by atoms with van der Waals surface area (Å²) in [6, 6.07) is 14.8. The van der Waals surface area contributed by atoms with Gasteiger partial charge in [0, 0.05) is 14.9 Å². The number of carbonyl (C=O) groups is 1. The summed E-state index contributed by atoms with van der Waals surface area (Å²) in [6.07, 6.45) is -1.72. The van der Waals surface area contributed by atoms with E-state index in [9.17, 15) is 18.0 Å². The first kappa shape index (κ1) is 21.4. The zero-order valence-corrected chi connectivity index (χ0v) is 18.3. The van der Waals surface area contributed by atoms with Gasteiger partial charge in [0.1, 0.15) is 5.56 Å². The molecular weight excluding hydrogens is 493 g/mol. The summed E-state index contributed by atoms with van der Waals surface area (Å²) in [7, 11) is 0.